The molecular formula is C19H19N7O2. The van der Waals surface area contributed by atoms with Crippen molar-refractivity contribution < 1.29 is 9.59 Å². The number of anilines is 3. The summed E-state index contributed by atoms with van der Waals surface area (Å²) < 4.78 is 1.67. The molecule has 1 spiro atoms. The van der Waals surface area contributed by atoms with Gasteiger partial charge in [-0.05, 0) is 31.4 Å². The zero-order chi connectivity index (χ0) is 19.5. The second-order valence-electron chi connectivity index (χ2n) is 7.47. The molecule has 4 heterocycles. The Kier molecular flexibility index (Phi) is 3.49. The molecule has 9 heteroatoms. The maximum Gasteiger partial charge on any atom is 0.239 e. The Morgan fingerprint density at radius 1 is 1.18 bits per heavy atom. The number of pyridine rings is 1. The Bertz CT molecular complexity index is 1130. The highest BCUT2D eigenvalue weighted by molar-refractivity contribution is 6.08. The van der Waals surface area contributed by atoms with Gasteiger partial charge in [-0.2, -0.15) is 5.10 Å². The van der Waals surface area contributed by atoms with Crippen LogP contribution in [0.25, 0.3) is 5.65 Å². The lowest BCUT2D eigenvalue weighted by Crippen LogP contribution is -2.42. The molecule has 1 saturated carbocycles. The van der Waals surface area contributed by atoms with Crippen LogP contribution in [-0.4, -0.2) is 43.3 Å². The van der Waals surface area contributed by atoms with Crippen molar-refractivity contribution in [2.75, 3.05) is 17.3 Å². The van der Waals surface area contributed by atoms with E-state index in [1.165, 1.54) is 6.33 Å². The number of hydrogen-bond donors (Lipinski definition) is 1. The third kappa shape index (κ3) is 2.32. The fourth-order valence-electron chi connectivity index (χ4n) is 4.18. The fourth-order valence-corrected chi connectivity index (χ4v) is 4.18. The van der Waals surface area contributed by atoms with Crippen LogP contribution < -0.4 is 10.2 Å². The predicted octanol–water partition coefficient (Wildman–Crippen LogP) is 1.93. The maximum absolute atomic E-state index is 13.0. The first kappa shape index (κ1) is 16.8. The molecule has 28 heavy (non-hydrogen) atoms. The number of aryl methyl sites for hydroxylation is 1. The molecule has 0 unspecified atom stereocenters. The summed E-state index contributed by atoms with van der Waals surface area (Å²) in [6.45, 7) is 1.97. The summed E-state index contributed by atoms with van der Waals surface area (Å²) in [7, 11) is 1.74. The molecule has 0 bridgehead atoms. The van der Waals surface area contributed by atoms with E-state index in [1.54, 1.807) is 22.7 Å². The van der Waals surface area contributed by atoms with Gasteiger partial charge in [0.25, 0.3) is 0 Å². The molecule has 142 valence electrons. The van der Waals surface area contributed by atoms with Gasteiger partial charge in [-0.15, -0.1) is 0 Å². The van der Waals surface area contributed by atoms with Crippen LogP contribution in [0.5, 0.6) is 0 Å². The van der Waals surface area contributed by atoms with Gasteiger partial charge < -0.3 is 10.2 Å². The molecule has 1 aliphatic heterocycles. The molecule has 0 atom stereocenters. The molecule has 3 aromatic rings. The van der Waals surface area contributed by atoms with E-state index < -0.39 is 5.41 Å². The van der Waals surface area contributed by atoms with Crippen LogP contribution in [0.3, 0.4) is 0 Å². The topological polar surface area (TPSA) is 105 Å². The number of amides is 1. The first-order valence-corrected chi connectivity index (χ1v) is 9.22. The Hall–Kier alpha value is -3.36. The number of carbonyl (C=O) groups excluding carboxylic acids is 2. The van der Waals surface area contributed by atoms with Crippen molar-refractivity contribution in [1.82, 2.24) is 24.6 Å². The number of hydrogen-bond acceptors (Lipinski definition) is 7. The monoisotopic (exact) mass is 377 g/mol. The van der Waals surface area contributed by atoms with E-state index in [4.69, 9.17) is 4.98 Å². The number of Topliss-reactive ketones (excluding diaryl/α,β-unsaturated/α-hetero) is 1. The lowest BCUT2D eigenvalue weighted by atomic mass is 9.72. The van der Waals surface area contributed by atoms with Crippen molar-refractivity contribution in [3.05, 3.63) is 36.0 Å². The third-order valence-corrected chi connectivity index (χ3v) is 5.83. The summed E-state index contributed by atoms with van der Waals surface area (Å²) in [6, 6.07) is 1.92. The fraction of sp³-hybridized carbons (Fsp3) is 0.368. The highest BCUT2D eigenvalue weighted by atomic mass is 16.2. The summed E-state index contributed by atoms with van der Waals surface area (Å²) in [4.78, 5) is 39.7. The van der Waals surface area contributed by atoms with Gasteiger partial charge in [-0.25, -0.2) is 19.5 Å². The van der Waals surface area contributed by atoms with E-state index in [9.17, 15) is 9.59 Å². The quantitative estimate of drug-likeness (QED) is 0.727. The zero-order valence-electron chi connectivity index (χ0n) is 15.6. The molecular weight excluding hydrogens is 358 g/mol. The number of carbonyl (C=O) groups is 2. The smallest absolute Gasteiger partial charge is 0.239 e. The minimum atomic E-state index is -0.720. The van der Waals surface area contributed by atoms with Gasteiger partial charge in [-0.1, -0.05) is 0 Å². The first-order chi connectivity index (χ1) is 13.5. The van der Waals surface area contributed by atoms with Gasteiger partial charge in [0.2, 0.25) is 11.9 Å². The van der Waals surface area contributed by atoms with E-state index >= 15 is 0 Å². The molecule has 3 aromatic heterocycles. The average molecular weight is 377 g/mol. The molecule has 0 radical (unpaired) electrons. The summed E-state index contributed by atoms with van der Waals surface area (Å²) in [5, 5.41) is 7.39. The number of aromatic nitrogens is 5. The van der Waals surface area contributed by atoms with Gasteiger partial charge in [-0.3, -0.25) is 9.59 Å². The Balaban J connectivity index is 1.55. The van der Waals surface area contributed by atoms with Crippen molar-refractivity contribution >= 4 is 34.7 Å². The second-order valence-corrected chi connectivity index (χ2v) is 7.47. The van der Waals surface area contributed by atoms with Crippen LogP contribution in [-0.2, 0) is 15.0 Å². The number of likely N-dealkylation sites (N-methyl/N-ethyl adjacent to an activating group) is 1. The van der Waals surface area contributed by atoms with E-state index in [0.717, 1.165) is 16.9 Å². The van der Waals surface area contributed by atoms with Crippen molar-refractivity contribution in [3.63, 3.8) is 0 Å². The van der Waals surface area contributed by atoms with Crippen molar-refractivity contribution in [1.29, 1.82) is 0 Å². The summed E-state index contributed by atoms with van der Waals surface area (Å²) in [6.07, 6.45) is 6.84. The molecule has 9 nitrogen and oxygen atoms in total. The molecule has 5 rings (SSSR count). The average Bonchev–Trinajstić information content (AvgIpc) is 3.21. The van der Waals surface area contributed by atoms with Gasteiger partial charge >= 0.3 is 0 Å². The van der Waals surface area contributed by atoms with Gasteiger partial charge in [0.1, 0.15) is 12.1 Å². The lowest BCUT2D eigenvalue weighted by Gasteiger charge is -2.30. The third-order valence-electron chi connectivity index (χ3n) is 5.83. The van der Waals surface area contributed by atoms with E-state index in [2.05, 4.69) is 20.4 Å². The Morgan fingerprint density at radius 2 is 1.96 bits per heavy atom. The second kappa shape index (κ2) is 5.82. The summed E-state index contributed by atoms with van der Waals surface area (Å²) in [5.74, 6) is 0.626. The largest absolute Gasteiger partial charge is 0.323 e. The number of fused-ring (bicyclic) bond motifs is 3. The molecule has 1 N–H and O–H groups in total. The van der Waals surface area contributed by atoms with Crippen LogP contribution in [0.1, 0.15) is 36.9 Å². The highest BCUT2D eigenvalue weighted by Gasteiger charge is 2.52. The number of ketones is 1. The van der Waals surface area contributed by atoms with Gasteiger partial charge in [0.05, 0.1) is 34.9 Å². The predicted molar refractivity (Wildman–Crippen MR) is 102 cm³/mol. The highest BCUT2D eigenvalue weighted by Crippen LogP contribution is 2.48. The molecule has 0 saturated heterocycles. The minimum Gasteiger partial charge on any atom is -0.323 e. The van der Waals surface area contributed by atoms with Gasteiger partial charge in [0.15, 0.2) is 5.65 Å². The number of rotatable bonds is 2. The Morgan fingerprint density at radius 3 is 2.75 bits per heavy atom. The molecule has 0 aromatic carbocycles. The SMILES string of the molecule is Cc1cc2ncnn2cc1Nc1ncc2c(n1)C1(CCC(=O)CC1)C(=O)N2C. The number of nitrogens with one attached hydrogen (secondary N) is 1. The van der Waals surface area contributed by atoms with Crippen LogP contribution in [0.4, 0.5) is 17.3 Å². The summed E-state index contributed by atoms with van der Waals surface area (Å²) in [5.41, 5.74) is 3.26. The molecule has 2 aliphatic rings. The van der Waals surface area contributed by atoms with Crippen molar-refractivity contribution in [3.8, 4) is 0 Å². The molecule has 1 fully saturated rings. The normalized spacial score (nSPS) is 18.1. The maximum atomic E-state index is 13.0. The van der Waals surface area contributed by atoms with Gasteiger partial charge in [0, 0.05) is 19.9 Å². The summed E-state index contributed by atoms with van der Waals surface area (Å²) >= 11 is 0. The molecule has 1 aliphatic carbocycles. The zero-order valence-corrected chi connectivity index (χ0v) is 15.6. The lowest BCUT2D eigenvalue weighted by molar-refractivity contribution is -0.127. The number of nitrogens with zero attached hydrogens (tertiary/aromatic N) is 6. The van der Waals surface area contributed by atoms with Crippen LogP contribution in [0.15, 0.2) is 24.8 Å². The van der Waals surface area contributed by atoms with Crippen LogP contribution in [0, 0.1) is 6.92 Å². The minimum absolute atomic E-state index is 0.00154. The van der Waals surface area contributed by atoms with E-state index in [0.29, 0.717) is 43.0 Å². The first-order valence-electron chi connectivity index (χ1n) is 9.22. The molecule has 1 amide bonds. The van der Waals surface area contributed by atoms with E-state index in [1.807, 2.05) is 19.2 Å². The van der Waals surface area contributed by atoms with Crippen LogP contribution in [0.2, 0.25) is 0 Å². The Labute approximate surface area is 160 Å². The standard InChI is InChI=1S/C19H19N7O2/c1-11-7-15-21-10-22-26(15)9-13(11)23-18-20-8-14-16(24-18)19(17(28)25(14)2)5-3-12(27)4-6-19/h7-10H,3-6H2,1-2H3,(H,20,23,24). The van der Waals surface area contributed by atoms with Crippen molar-refractivity contribution in [2.45, 2.75) is 38.0 Å². The van der Waals surface area contributed by atoms with E-state index in [-0.39, 0.29) is 11.7 Å². The van der Waals surface area contributed by atoms with Crippen molar-refractivity contribution in [2.24, 2.45) is 0 Å². The van der Waals surface area contributed by atoms with Crippen LogP contribution >= 0.6 is 0 Å².